The second-order valence-electron chi connectivity index (χ2n) is 4.87. The van der Waals surface area contributed by atoms with Gasteiger partial charge >= 0.3 is 0 Å². The van der Waals surface area contributed by atoms with Crippen molar-refractivity contribution in [1.82, 2.24) is 4.31 Å². The third-order valence-electron chi connectivity index (χ3n) is 3.45. The first-order valence-corrected chi connectivity index (χ1v) is 9.72. The highest BCUT2D eigenvalue weighted by Crippen LogP contribution is 2.17. The number of hydrogen-bond donors (Lipinski definition) is 0. The Morgan fingerprint density at radius 1 is 1.13 bits per heavy atom. The molecule has 0 unspecified atom stereocenters. The van der Waals surface area contributed by atoms with E-state index in [2.05, 4.69) is 0 Å². The van der Waals surface area contributed by atoms with Crippen LogP contribution < -0.4 is 0 Å². The summed E-state index contributed by atoms with van der Waals surface area (Å²) in [6, 6.07) is 8.00. The van der Waals surface area contributed by atoms with Crippen molar-refractivity contribution in [3.63, 3.8) is 0 Å². The van der Waals surface area contributed by atoms with Crippen molar-refractivity contribution in [3.8, 4) is 0 Å². The number of ketones is 1. The predicted molar refractivity (Wildman–Crippen MR) is 94.2 cm³/mol. The summed E-state index contributed by atoms with van der Waals surface area (Å²) in [7, 11) is -3.49. The molecule has 0 amide bonds. The van der Waals surface area contributed by atoms with Gasteiger partial charge in [0, 0.05) is 18.7 Å². The third-order valence-corrected chi connectivity index (χ3v) is 6.22. The van der Waals surface area contributed by atoms with E-state index in [1.165, 1.54) is 22.5 Å². The predicted octanol–water partition coefficient (Wildman–Crippen LogP) is 3.67. The lowest BCUT2D eigenvalue weighted by atomic mass is 10.1. The summed E-state index contributed by atoms with van der Waals surface area (Å²) in [5.74, 6) is -0.150. The van der Waals surface area contributed by atoms with Crippen LogP contribution >= 0.6 is 11.3 Å². The standard InChI is InChI=1S/C17H19NO3S2/c1-3-18(4-2)23(20,21)16-8-6-15(7-9-16)17(19)10-5-14-11-12-22-13-14/h5-13H,3-4H2,1-2H3/b10-5+. The summed E-state index contributed by atoms with van der Waals surface area (Å²) in [4.78, 5) is 12.3. The van der Waals surface area contributed by atoms with Gasteiger partial charge in [0.25, 0.3) is 0 Å². The normalized spacial score (nSPS) is 12.1. The molecule has 6 heteroatoms. The lowest BCUT2D eigenvalue weighted by Gasteiger charge is -2.18. The van der Waals surface area contributed by atoms with Crippen molar-refractivity contribution in [2.45, 2.75) is 18.7 Å². The molecule has 122 valence electrons. The van der Waals surface area contributed by atoms with Crippen LogP contribution in [0.3, 0.4) is 0 Å². The molecule has 1 heterocycles. The van der Waals surface area contributed by atoms with E-state index in [1.54, 1.807) is 43.4 Å². The van der Waals surface area contributed by atoms with E-state index < -0.39 is 10.0 Å². The van der Waals surface area contributed by atoms with Crippen molar-refractivity contribution < 1.29 is 13.2 Å². The molecular weight excluding hydrogens is 330 g/mol. The van der Waals surface area contributed by atoms with Crippen LogP contribution in [-0.2, 0) is 10.0 Å². The van der Waals surface area contributed by atoms with Crippen LogP contribution in [0, 0.1) is 0 Å². The Balaban J connectivity index is 2.17. The minimum absolute atomic E-state index is 0.150. The van der Waals surface area contributed by atoms with E-state index in [0.29, 0.717) is 18.7 Å². The van der Waals surface area contributed by atoms with Crippen molar-refractivity contribution >= 4 is 33.2 Å². The molecule has 0 aliphatic carbocycles. The number of hydrogen-bond acceptors (Lipinski definition) is 4. The van der Waals surface area contributed by atoms with E-state index in [-0.39, 0.29) is 10.7 Å². The fraction of sp³-hybridized carbons (Fsp3) is 0.235. The highest BCUT2D eigenvalue weighted by Gasteiger charge is 2.21. The Kier molecular flexibility index (Phi) is 5.87. The first kappa shape index (κ1) is 17.6. The van der Waals surface area contributed by atoms with Crippen LogP contribution in [-0.4, -0.2) is 31.6 Å². The third kappa shape index (κ3) is 4.16. The maximum absolute atomic E-state index is 12.4. The van der Waals surface area contributed by atoms with Crippen LogP contribution in [0.15, 0.2) is 52.1 Å². The molecule has 0 spiro atoms. The van der Waals surface area contributed by atoms with Crippen LogP contribution in [0.1, 0.15) is 29.8 Å². The monoisotopic (exact) mass is 349 g/mol. The van der Waals surface area contributed by atoms with Gasteiger partial charge in [0.2, 0.25) is 10.0 Å². The van der Waals surface area contributed by atoms with E-state index in [9.17, 15) is 13.2 Å². The van der Waals surface area contributed by atoms with Crippen LogP contribution in [0.4, 0.5) is 0 Å². The minimum atomic E-state index is -3.49. The minimum Gasteiger partial charge on any atom is -0.289 e. The number of allylic oxidation sites excluding steroid dienone is 1. The lowest BCUT2D eigenvalue weighted by molar-refractivity contribution is 0.104. The van der Waals surface area contributed by atoms with E-state index >= 15 is 0 Å². The Labute approximate surface area is 141 Å². The molecule has 0 saturated carbocycles. The molecule has 0 atom stereocenters. The van der Waals surface area contributed by atoms with Gasteiger partial charge in [-0.15, -0.1) is 0 Å². The lowest BCUT2D eigenvalue weighted by Crippen LogP contribution is -2.30. The molecule has 4 nitrogen and oxygen atoms in total. The summed E-state index contributed by atoms with van der Waals surface area (Å²) < 4.78 is 26.2. The second-order valence-corrected chi connectivity index (χ2v) is 7.59. The zero-order valence-corrected chi connectivity index (χ0v) is 14.7. The molecule has 23 heavy (non-hydrogen) atoms. The van der Waals surface area contributed by atoms with Gasteiger partial charge in [-0.05, 0) is 52.7 Å². The largest absolute Gasteiger partial charge is 0.289 e. The summed E-state index contributed by atoms with van der Waals surface area (Å²) in [6.45, 7) is 4.44. The molecule has 2 rings (SSSR count). The van der Waals surface area contributed by atoms with Gasteiger partial charge in [0.15, 0.2) is 5.78 Å². The van der Waals surface area contributed by atoms with Crippen molar-refractivity contribution in [2.75, 3.05) is 13.1 Å². The number of benzene rings is 1. The summed E-state index contributed by atoms with van der Waals surface area (Å²) >= 11 is 1.56. The average molecular weight is 349 g/mol. The fourth-order valence-corrected chi connectivity index (χ4v) is 4.23. The molecular formula is C17H19NO3S2. The maximum Gasteiger partial charge on any atom is 0.243 e. The van der Waals surface area contributed by atoms with Gasteiger partial charge < -0.3 is 0 Å². The summed E-state index contributed by atoms with van der Waals surface area (Å²) in [5, 5.41) is 3.89. The van der Waals surface area contributed by atoms with Crippen LogP contribution in [0.25, 0.3) is 6.08 Å². The number of carbonyl (C=O) groups is 1. The number of carbonyl (C=O) groups excluding carboxylic acids is 1. The van der Waals surface area contributed by atoms with E-state index in [0.717, 1.165) is 5.56 Å². The highest BCUT2D eigenvalue weighted by atomic mass is 32.2. The molecule has 0 aliphatic rings. The van der Waals surface area contributed by atoms with Gasteiger partial charge in [-0.2, -0.15) is 15.6 Å². The average Bonchev–Trinajstić information content (AvgIpc) is 3.07. The Morgan fingerprint density at radius 2 is 1.78 bits per heavy atom. The molecule has 0 aliphatic heterocycles. The fourth-order valence-electron chi connectivity index (χ4n) is 2.14. The zero-order chi connectivity index (χ0) is 16.9. The van der Waals surface area contributed by atoms with Gasteiger partial charge in [-0.1, -0.05) is 19.9 Å². The molecule has 1 aromatic heterocycles. The molecule has 0 saturated heterocycles. The first-order valence-electron chi connectivity index (χ1n) is 7.33. The smallest absolute Gasteiger partial charge is 0.243 e. The van der Waals surface area contributed by atoms with Gasteiger partial charge in [-0.25, -0.2) is 8.42 Å². The number of thiophene rings is 1. The Hall–Kier alpha value is -1.76. The van der Waals surface area contributed by atoms with Crippen molar-refractivity contribution in [3.05, 3.63) is 58.3 Å². The van der Waals surface area contributed by atoms with Crippen molar-refractivity contribution in [2.24, 2.45) is 0 Å². The first-order chi connectivity index (χ1) is 11.0. The quantitative estimate of drug-likeness (QED) is 0.566. The van der Waals surface area contributed by atoms with Gasteiger partial charge in [0.05, 0.1) is 4.90 Å². The Morgan fingerprint density at radius 3 is 2.30 bits per heavy atom. The molecule has 2 aromatic rings. The van der Waals surface area contributed by atoms with E-state index in [1.807, 2.05) is 16.8 Å². The number of rotatable bonds is 7. The summed E-state index contributed by atoms with van der Waals surface area (Å²) in [5.41, 5.74) is 1.44. The van der Waals surface area contributed by atoms with Gasteiger partial charge in [-0.3, -0.25) is 4.79 Å². The molecule has 0 fully saturated rings. The van der Waals surface area contributed by atoms with E-state index in [4.69, 9.17) is 0 Å². The topological polar surface area (TPSA) is 54.5 Å². The SMILES string of the molecule is CCN(CC)S(=O)(=O)c1ccc(C(=O)/C=C/c2ccsc2)cc1. The van der Waals surface area contributed by atoms with Crippen LogP contribution in [0.5, 0.6) is 0 Å². The maximum atomic E-state index is 12.4. The van der Waals surface area contributed by atoms with Crippen LogP contribution in [0.2, 0.25) is 0 Å². The van der Waals surface area contributed by atoms with Gasteiger partial charge in [0.1, 0.15) is 0 Å². The zero-order valence-electron chi connectivity index (χ0n) is 13.1. The Bertz CT molecular complexity index is 772. The van der Waals surface area contributed by atoms with Crippen molar-refractivity contribution in [1.29, 1.82) is 0 Å². The highest BCUT2D eigenvalue weighted by molar-refractivity contribution is 7.89. The summed E-state index contributed by atoms with van der Waals surface area (Å²) in [6.07, 6.45) is 3.25. The number of nitrogens with zero attached hydrogens (tertiary/aromatic N) is 1. The number of sulfonamides is 1. The molecule has 0 radical (unpaired) electrons. The molecule has 0 bridgehead atoms. The molecule has 1 aromatic carbocycles. The molecule has 0 N–H and O–H groups in total. The second kappa shape index (κ2) is 7.68.